The number of phenolic OH excluding ortho intramolecular Hbond substituents is 1. The average Bonchev–Trinajstić information content (AvgIpc) is 2.42. The Bertz CT molecular complexity index is 729. The molecule has 106 valence electrons. The molecule has 0 fully saturated rings. The number of nitrogens with one attached hydrogen (secondary N) is 1. The average molecular weight is 294 g/mol. The van der Waals surface area contributed by atoms with Gasteiger partial charge in [0.2, 0.25) is 0 Å². The number of hydrogen-bond donors (Lipinski definition) is 3. The van der Waals surface area contributed by atoms with E-state index in [9.17, 15) is 13.5 Å². The Balaban J connectivity index is 2.38. The number of hydrogen-bond acceptors (Lipinski definition) is 5. The fraction of sp³-hybridized carbons (Fsp3) is 0.0769. The van der Waals surface area contributed by atoms with Crippen molar-refractivity contribution in [2.75, 3.05) is 17.6 Å². The second-order valence-electron chi connectivity index (χ2n) is 4.03. The predicted molar refractivity (Wildman–Crippen MR) is 76.3 cm³/mol. The molecule has 0 aliphatic heterocycles. The molecule has 0 aromatic heterocycles. The van der Waals surface area contributed by atoms with Gasteiger partial charge in [0.05, 0.1) is 23.4 Å². The molecule has 2 aromatic rings. The molecule has 0 heterocycles. The van der Waals surface area contributed by atoms with Crippen LogP contribution in [0.1, 0.15) is 0 Å². The first-order valence-corrected chi connectivity index (χ1v) is 7.16. The van der Waals surface area contributed by atoms with E-state index >= 15 is 0 Å². The molecule has 0 aliphatic rings. The number of phenols is 1. The van der Waals surface area contributed by atoms with Crippen molar-refractivity contribution in [3.05, 3.63) is 42.5 Å². The van der Waals surface area contributed by atoms with Gasteiger partial charge in [0.25, 0.3) is 10.0 Å². The lowest BCUT2D eigenvalue weighted by molar-refractivity contribution is 0.417. The zero-order valence-electron chi connectivity index (χ0n) is 10.7. The quantitative estimate of drug-likeness (QED) is 0.589. The van der Waals surface area contributed by atoms with Gasteiger partial charge in [-0.25, -0.2) is 8.42 Å². The Morgan fingerprint density at radius 2 is 1.90 bits per heavy atom. The number of ether oxygens (including phenoxy) is 1. The van der Waals surface area contributed by atoms with Crippen LogP contribution in [0.3, 0.4) is 0 Å². The minimum atomic E-state index is -3.81. The molecule has 7 heteroatoms. The Morgan fingerprint density at radius 3 is 2.55 bits per heavy atom. The third-order valence-electron chi connectivity index (χ3n) is 2.66. The van der Waals surface area contributed by atoms with Crippen LogP contribution < -0.4 is 15.2 Å². The molecule has 20 heavy (non-hydrogen) atoms. The van der Waals surface area contributed by atoms with Crippen LogP contribution in [0.2, 0.25) is 0 Å². The highest BCUT2D eigenvalue weighted by Crippen LogP contribution is 2.28. The largest absolute Gasteiger partial charge is 0.506 e. The van der Waals surface area contributed by atoms with E-state index in [0.717, 1.165) is 0 Å². The van der Waals surface area contributed by atoms with Gasteiger partial charge in [-0.1, -0.05) is 12.1 Å². The number of benzene rings is 2. The lowest BCUT2D eigenvalue weighted by Crippen LogP contribution is -2.13. The van der Waals surface area contributed by atoms with Crippen molar-refractivity contribution in [1.82, 2.24) is 0 Å². The first-order chi connectivity index (χ1) is 9.44. The zero-order chi connectivity index (χ0) is 14.8. The molecule has 6 nitrogen and oxygen atoms in total. The fourth-order valence-corrected chi connectivity index (χ4v) is 2.74. The molecule has 0 unspecified atom stereocenters. The minimum Gasteiger partial charge on any atom is -0.506 e. The standard InChI is InChI=1S/C13H14N2O4S/c1-19-13-5-3-2-4-11(13)15-20(17,18)9-6-7-12(16)10(14)8-9/h2-8,15-16H,14H2,1H3. The van der Waals surface area contributed by atoms with E-state index in [1.165, 1.54) is 25.3 Å². The summed E-state index contributed by atoms with van der Waals surface area (Å²) in [5.41, 5.74) is 5.81. The molecule has 0 amide bonds. The number of rotatable bonds is 4. The van der Waals surface area contributed by atoms with Gasteiger partial charge in [0, 0.05) is 0 Å². The lowest BCUT2D eigenvalue weighted by Gasteiger charge is -2.12. The number of nitrogens with two attached hydrogens (primary N) is 1. The summed E-state index contributed by atoms with van der Waals surface area (Å²) in [5, 5.41) is 9.32. The van der Waals surface area contributed by atoms with E-state index in [1.807, 2.05) is 0 Å². The summed E-state index contributed by atoms with van der Waals surface area (Å²) in [4.78, 5) is -0.0429. The van der Waals surface area contributed by atoms with Crippen molar-refractivity contribution in [1.29, 1.82) is 0 Å². The molecule has 4 N–H and O–H groups in total. The molecular weight excluding hydrogens is 280 g/mol. The van der Waals surface area contributed by atoms with E-state index in [1.54, 1.807) is 24.3 Å². The van der Waals surface area contributed by atoms with Crippen LogP contribution in [0.15, 0.2) is 47.4 Å². The topological polar surface area (TPSA) is 102 Å². The monoisotopic (exact) mass is 294 g/mol. The summed E-state index contributed by atoms with van der Waals surface area (Å²) in [7, 11) is -2.36. The number of sulfonamides is 1. The van der Waals surface area contributed by atoms with Crippen molar-refractivity contribution in [2.45, 2.75) is 4.90 Å². The first-order valence-electron chi connectivity index (χ1n) is 5.68. The number of para-hydroxylation sites is 2. The minimum absolute atomic E-state index is 0.00657. The van der Waals surface area contributed by atoms with Crippen molar-refractivity contribution in [2.24, 2.45) is 0 Å². The van der Waals surface area contributed by atoms with Crippen LogP contribution in [0, 0.1) is 0 Å². The lowest BCUT2D eigenvalue weighted by atomic mass is 10.3. The Kier molecular flexibility index (Phi) is 3.71. The van der Waals surface area contributed by atoms with Crippen LogP contribution in [-0.4, -0.2) is 20.6 Å². The van der Waals surface area contributed by atoms with E-state index in [0.29, 0.717) is 11.4 Å². The second-order valence-corrected chi connectivity index (χ2v) is 5.71. The molecule has 0 saturated carbocycles. The van der Waals surface area contributed by atoms with Crippen LogP contribution in [0.5, 0.6) is 11.5 Å². The van der Waals surface area contributed by atoms with E-state index in [4.69, 9.17) is 10.5 Å². The molecule has 0 spiro atoms. The third-order valence-corrected chi connectivity index (χ3v) is 4.02. The molecule has 2 rings (SSSR count). The molecule has 2 aromatic carbocycles. The van der Waals surface area contributed by atoms with Gasteiger partial charge >= 0.3 is 0 Å². The van der Waals surface area contributed by atoms with E-state index in [-0.39, 0.29) is 16.3 Å². The van der Waals surface area contributed by atoms with Crippen LogP contribution in [0.4, 0.5) is 11.4 Å². The van der Waals surface area contributed by atoms with Crippen molar-refractivity contribution < 1.29 is 18.3 Å². The smallest absolute Gasteiger partial charge is 0.262 e. The molecule has 0 saturated heterocycles. The second kappa shape index (κ2) is 5.30. The Hall–Kier alpha value is -2.41. The number of aromatic hydroxyl groups is 1. The number of nitrogen functional groups attached to an aromatic ring is 1. The van der Waals surface area contributed by atoms with Gasteiger partial charge in [0.15, 0.2) is 0 Å². The van der Waals surface area contributed by atoms with Gasteiger partial charge in [-0.2, -0.15) is 0 Å². The molecule has 0 radical (unpaired) electrons. The maximum absolute atomic E-state index is 12.2. The van der Waals surface area contributed by atoms with Crippen LogP contribution in [0.25, 0.3) is 0 Å². The normalized spacial score (nSPS) is 11.1. The zero-order valence-corrected chi connectivity index (χ0v) is 11.5. The molecule has 0 atom stereocenters. The molecule has 0 aliphatic carbocycles. The maximum Gasteiger partial charge on any atom is 0.262 e. The van der Waals surface area contributed by atoms with Crippen molar-refractivity contribution in [3.8, 4) is 11.5 Å². The van der Waals surface area contributed by atoms with E-state index in [2.05, 4.69) is 4.72 Å². The van der Waals surface area contributed by atoms with Gasteiger partial charge < -0.3 is 15.6 Å². The highest BCUT2D eigenvalue weighted by atomic mass is 32.2. The Morgan fingerprint density at radius 1 is 1.20 bits per heavy atom. The highest BCUT2D eigenvalue weighted by Gasteiger charge is 2.17. The van der Waals surface area contributed by atoms with Gasteiger partial charge in [-0.3, -0.25) is 4.72 Å². The highest BCUT2D eigenvalue weighted by molar-refractivity contribution is 7.92. The summed E-state index contributed by atoms with van der Waals surface area (Å²) in [6.45, 7) is 0. The Labute approximate surface area is 116 Å². The molecular formula is C13H14N2O4S. The van der Waals surface area contributed by atoms with Gasteiger partial charge in [-0.15, -0.1) is 0 Å². The van der Waals surface area contributed by atoms with Crippen LogP contribution >= 0.6 is 0 Å². The van der Waals surface area contributed by atoms with Crippen molar-refractivity contribution >= 4 is 21.4 Å². The predicted octanol–water partition coefficient (Wildman–Crippen LogP) is 1.78. The van der Waals surface area contributed by atoms with Gasteiger partial charge in [-0.05, 0) is 30.3 Å². The fourth-order valence-electron chi connectivity index (χ4n) is 1.63. The summed E-state index contributed by atoms with van der Waals surface area (Å²) >= 11 is 0. The third kappa shape index (κ3) is 2.77. The van der Waals surface area contributed by atoms with Gasteiger partial charge in [0.1, 0.15) is 11.5 Å². The number of methoxy groups -OCH3 is 1. The number of anilines is 2. The van der Waals surface area contributed by atoms with Crippen LogP contribution in [-0.2, 0) is 10.0 Å². The molecule has 0 bridgehead atoms. The van der Waals surface area contributed by atoms with Crippen molar-refractivity contribution in [3.63, 3.8) is 0 Å². The van der Waals surface area contributed by atoms with E-state index < -0.39 is 10.0 Å². The SMILES string of the molecule is COc1ccccc1NS(=O)(=O)c1ccc(O)c(N)c1. The summed E-state index contributed by atoms with van der Waals surface area (Å²) in [6.07, 6.45) is 0. The summed E-state index contributed by atoms with van der Waals surface area (Å²) < 4.78 is 31.9. The maximum atomic E-state index is 12.2. The first kappa shape index (κ1) is 14.0. The summed E-state index contributed by atoms with van der Waals surface area (Å²) in [6, 6.07) is 10.3. The summed E-state index contributed by atoms with van der Waals surface area (Å²) in [5.74, 6) is 0.240.